The maximum atomic E-state index is 10.1. The molecule has 0 aliphatic heterocycles. The molecular weight excluding hydrogens is 284 g/mol. The smallest absolute Gasteiger partial charge is 0.293 e. The molecule has 2 aromatic carbocycles. The molecule has 0 heterocycles. The second-order valence-corrected chi connectivity index (χ2v) is 4.51. The van der Waals surface area contributed by atoms with Crippen molar-refractivity contribution in [2.75, 3.05) is 24.7 Å². The Labute approximate surface area is 128 Å². The van der Waals surface area contributed by atoms with E-state index in [9.17, 15) is 4.79 Å². The van der Waals surface area contributed by atoms with Crippen molar-refractivity contribution in [1.29, 1.82) is 0 Å². The molecule has 0 atom stereocenters. The fraction of sp³-hybridized carbons (Fsp3) is 0.188. The second-order valence-electron chi connectivity index (χ2n) is 4.51. The zero-order valence-corrected chi connectivity index (χ0v) is 12.0. The zero-order valence-electron chi connectivity index (χ0n) is 12.0. The van der Waals surface area contributed by atoms with Crippen LogP contribution >= 0.6 is 0 Å². The Bertz CT molecular complexity index is 631. The summed E-state index contributed by atoms with van der Waals surface area (Å²) in [6.45, 7) is 1.27. The average molecular weight is 302 g/mol. The number of ether oxygens (including phenoxy) is 3. The van der Waals surface area contributed by atoms with Gasteiger partial charge in [-0.3, -0.25) is 4.79 Å². The maximum Gasteiger partial charge on any atom is 0.293 e. The van der Waals surface area contributed by atoms with Crippen LogP contribution in [0.4, 0.5) is 11.4 Å². The van der Waals surface area contributed by atoms with Gasteiger partial charge in [-0.25, -0.2) is 0 Å². The molecule has 0 aliphatic rings. The average Bonchev–Trinajstić information content (AvgIpc) is 2.52. The van der Waals surface area contributed by atoms with E-state index in [1.54, 1.807) is 30.3 Å². The van der Waals surface area contributed by atoms with E-state index in [-0.39, 0.29) is 6.61 Å². The first-order valence-corrected chi connectivity index (χ1v) is 6.74. The van der Waals surface area contributed by atoms with Crippen LogP contribution in [0.1, 0.15) is 5.56 Å². The van der Waals surface area contributed by atoms with Crippen molar-refractivity contribution in [3.05, 3.63) is 48.0 Å². The SMILES string of the molecule is Nc1ccccc1OCCOc1ccc(COC=O)cc1N. The summed E-state index contributed by atoms with van der Waals surface area (Å²) >= 11 is 0. The van der Waals surface area contributed by atoms with Crippen molar-refractivity contribution >= 4 is 17.8 Å². The van der Waals surface area contributed by atoms with Crippen LogP contribution in [0.25, 0.3) is 0 Å². The summed E-state index contributed by atoms with van der Waals surface area (Å²) in [4.78, 5) is 10.1. The number of hydrogen-bond donors (Lipinski definition) is 2. The number of nitrogen functional groups attached to an aromatic ring is 2. The normalized spacial score (nSPS) is 10.0. The predicted octanol–water partition coefficient (Wildman–Crippen LogP) is 1.98. The minimum atomic E-state index is 0.185. The molecule has 0 bridgehead atoms. The van der Waals surface area contributed by atoms with Gasteiger partial charge < -0.3 is 25.7 Å². The lowest BCUT2D eigenvalue weighted by molar-refractivity contribution is -0.129. The largest absolute Gasteiger partial charge is 0.488 e. The topological polar surface area (TPSA) is 96.8 Å². The van der Waals surface area contributed by atoms with Gasteiger partial charge in [-0.15, -0.1) is 0 Å². The van der Waals surface area contributed by atoms with Crippen molar-refractivity contribution in [2.45, 2.75) is 6.61 Å². The van der Waals surface area contributed by atoms with Gasteiger partial charge in [0, 0.05) is 0 Å². The lowest BCUT2D eigenvalue weighted by atomic mass is 10.2. The second kappa shape index (κ2) is 7.78. The molecule has 6 nitrogen and oxygen atoms in total. The fourth-order valence-corrected chi connectivity index (χ4v) is 1.86. The number of nitrogens with two attached hydrogens (primary N) is 2. The first kappa shape index (κ1) is 15.5. The third kappa shape index (κ3) is 4.31. The molecule has 4 N–H and O–H groups in total. The Kier molecular flexibility index (Phi) is 5.48. The molecular formula is C16H18N2O4. The van der Waals surface area contributed by atoms with Gasteiger partial charge in [-0.1, -0.05) is 18.2 Å². The Balaban J connectivity index is 1.82. The van der Waals surface area contributed by atoms with Crippen LogP contribution in [-0.2, 0) is 16.1 Å². The third-order valence-corrected chi connectivity index (χ3v) is 2.91. The van der Waals surface area contributed by atoms with E-state index >= 15 is 0 Å². The molecule has 0 saturated carbocycles. The van der Waals surface area contributed by atoms with Gasteiger partial charge >= 0.3 is 0 Å². The van der Waals surface area contributed by atoms with Gasteiger partial charge in [-0.2, -0.15) is 0 Å². The molecule has 0 spiro atoms. The quantitative estimate of drug-likeness (QED) is 0.440. The van der Waals surface area contributed by atoms with Crippen molar-refractivity contribution in [3.63, 3.8) is 0 Å². The van der Waals surface area contributed by atoms with E-state index in [2.05, 4.69) is 4.74 Å². The summed E-state index contributed by atoms with van der Waals surface area (Å²) in [6.07, 6.45) is 0. The molecule has 6 heteroatoms. The zero-order chi connectivity index (χ0) is 15.8. The van der Waals surface area contributed by atoms with Gasteiger partial charge in [-0.05, 0) is 29.8 Å². The molecule has 0 radical (unpaired) electrons. The molecule has 0 aromatic heterocycles. The number of hydrogen-bond acceptors (Lipinski definition) is 6. The third-order valence-electron chi connectivity index (χ3n) is 2.91. The van der Waals surface area contributed by atoms with Crippen LogP contribution in [0, 0.1) is 0 Å². The molecule has 116 valence electrons. The molecule has 0 fully saturated rings. The number of para-hydroxylation sites is 2. The summed E-state index contributed by atoms with van der Waals surface area (Å²) < 4.78 is 15.7. The summed E-state index contributed by atoms with van der Waals surface area (Å²) in [6, 6.07) is 12.5. The Morgan fingerprint density at radius 3 is 2.23 bits per heavy atom. The number of carbonyl (C=O) groups excluding carboxylic acids is 1. The Morgan fingerprint density at radius 2 is 1.59 bits per heavy atom. The summed E-state index contributed by atoms with van der Waals surface area (Å²) in [5.74, 6) is 1.18. The molecule has 2 rings (SSSR count). The first-order chi connectivity index (χ1) is 10.7. The molecule has 2 aromatic rings. The summed E-state index contributed by atoms with van der Waals surface area (Å²) in [5, 5.41) is 0. The monoisotopic (exact) mass is 302 g/mol. The minimum Gasteiger partial charge on any atom is -0.488 e. The highest BCUT2D eigenvalue weighted by molar-refractivity contribution is 5.54. The van der Waals surface area contributed by atoms with E-state index in [4.69, 9.17) is 20.9 Å². The summed E-state index contributed by atoms with van der Waals surface area (Å²) in [5.41, 5.74) is 13.5. The first-order valence-electron chi connectivity index (χ1n) is 6.74. The molecule has 0 amide bonds. The van der Waals surface area contributed by atoms with E-state index < -0.39 is 0 Å². The van der Waals surface area contributed by atoms with Gasteiger partial charge in [0.05, 0.1) is 11.4 Å². The highest BCUT2D eigenvalue weighted by Gasteiger charge is 2.03. The van der Waals surface area contributed by atoms with E-state index in [1.165, 1.54) is 0 Å². The van der Waals surface area contributed by atoms with Crippen LogP contribution in [-0.4, -0.2) is 19.7 Å². The van der Waals surface area contributed by atoms with Gasteiger partial charge in [0.1, 0.15) is 31.3 Å². The van der Waals surface area contributed by atoms with Crippen LogP contribution in [0.2, 0.25) is 0 Å². The highest BCUT2D eigenvalue weighted by Crippen LogP contribution is 2.23. The highest BCUT2D eigenvalue weighted by atomic mass is 16.5. The molecule has 22 heavy (non-hydrogen) atoms. The van der Waals surface area contributed by atoms with Crippen molar-refractivity contribution in [2.24, 2.45) is 0 Å². The van der Waals surface area contributed by atoms with E-state index in [0.717, 1.165) is 5.56 Å². The van der Waals surface area contributed by atoms with Crippen LogP contribution in [0.5, 0.6) is 11.5 Å². The number of carbonyl (C=O) groups is 1. The number of rotatable bonds is 8. The van der Waals surface area contributed by atoms with Crippen LogP contribution in [0.15, 0.2) is 42.5 Å². The lowest BCUT2D eigenvalue weighted by Gasteiger charge is -2.12. The molecule has 0 saturated heterocycles. The van der Waals surface area contributed by atoms with Crippen molar-refractivity contribution in [3.8, 4) is 11.5 Å². The van der Waals surface area contributed by atoms with Crippen LogP contribution < -0.4 is 20.9 Å². The maximum absolute atomic E-state index is 10.1. The Hall–Kier alpha value is -2.89. The predicted molar refractivity (Wildman–Crippen MR) is 83.6 cm³/mol. The number of anilines is 2. The van der Waals surface area contributed by atoms with Gasteiger partial charge in [0.25, 0.3) is 6.47 Å². The van der Waals surface area contributed by atoms with Crippen molar-refractivity contribution in [1.82, 2.24) is 0 Å². The fourth-order valence-electron chi connectivity index (χ4n) is 1.86. The van der Waals surface area contributed by atoms with E-state index in [1.807, 2.05) is 12.1 Å². The van der Waals surface area contributed by atoms with Gasteiger partial charge in [0.15, 0.2) is 0 Å². The molecule has 0 aliphatic carbocycles. The van der Waals surface area contributed by atoms with E-state index in [0.29, 0.717) is 42.6 Å². The minimum absolute atomic E-state index is 0.185. The number of benzene rings is 2. The Morgan fingerprint density at radius 1 is 0.909 bits per heavy atom. The van der Waals surface area contributed by atoms with Crippen LogP contribution in [0.3, 0.4) is 0 Å². The van der Waals surface area contributed by atoms with Gasteiger partial charge in [0.2, 0.25) is 0 Å². The lowest BCUT2D eigenvalue weighted by Crippen LogP contribution is -2.10. The summed E-state index contributed by atoms with van der Waals surface area (Å²) in [7, 11) is 0. The standard InChI is InChI=1S/C16H18N2O4/c17-13-3-1-2-4-15(13)21-7-8-22-16-6-5-12(9-14(16)18)10-20-11-19/h1-6,9,11H,7-8,10,17-18H2. The van der Waals surface area contributed by atoms with Crippen molar-refractivity contribution < 1.29 is 19.0 Å². The molecule has 0 unspecified atom stereocenters.